The highest BCUT2D eigenvalue weighted by Crippen LogP contribution is 2.66. The van der Waals surface area contributed by atoms with Crippen molar-refractivity contribution in [2.45, 2.75) is 83.2 Å². The van der Waals surface area contributed by atoms with Crippen LogP contribution < -0.4 is 0 Å². The van der Waals surface area contributed by atoms with Gasteiger partial charge in [-0.1, -0.05) is 13.8 Å². The molecule has 3 saturated carbocycles. The molecule has 5 aliphatic rings. The third-order valence-electron chi connectivity index (χ3n) is 9.16. The van der Waals surface area contributed by atoms with Crippen molar-refractivity contribution in [2.24, 2.45) is 28.6 Å². The van der Waals surface area contributed by atoms with Crippen molar-refractivity contribution in [3.8, 4) is 0 Å². The normalized spacial score (nSPS) is 51.2. The zero-order valence-electron chi connectivity index (χ0n) is 16.4. The number of carbonyl (C=O) groups is 1. The molecule has 152 valence electrons. The summed E-state index contributed by atoms with van der Waals surface area (Å²) in [5, 5.41) is 0. The lowest BCUT2D eigenvalue weighted by molar-refractivity contribution is -0.249. The van der Waals surface area contributed by atoms with Crippen LogP contribution in [0.15, 0.2) is 0 Å². The summed E-state index contributed by atoms with van der Waals surface area (Å²) in [5.41, 5.74) is 0.0701. The molecular weight excluding hydrogens is 364 g/mol. The third-order valence-corrected chi connectivity index (χ3v) is 9.45. The third kappa shape index (κ3) is 2.52. The van der Waals surface area contributed by atoms with Crippen LogP contribution >= 0.6 is 12.9 Å². The molecule has 5 rings (SSSR count). The summed E-state index contributed by atoms with van der Waals surface area (Å²) in [4.78, 5) is 12.8. The SMILES string of the molecule is C[C@]12CC[C@H](OS)CC1CC(=O)OC1C2CC[C@@]2(C)C1CCC21OCCO1. The predicted molar refractivity (Wildman–Crippen MR) is 102 cm³/mol. The van der Waals surface area contributed by atoms with E-state index in [1.165, 1.54) is 0 Å². The Bertz CT molecular complexity index is 620. The van der Waals surface area contributed by atoms with Crippen molar-refractivity contribution in [1.82, 2.24) is 0 Å². The van der Waals surface area contributed by atoms with E-state index in [0.717, 1.165) is 44.9 Å². The largest absolute Gasteiger partial charge is 0.462 e. The van der Waals surface area contributed by atoms with E-state index in [2.05, 4.69) is 26.8 Å². The van der Waals surface area contributed by atoms with Gasteiger partial charge in [0.2, 0.25) is 0 Å². The second-order valence-corrected chi connectivity index (χ2v) is 10.2. The van der Waals surface area contributed by atoms with E-state index in [1.54, 1.807) is 0 Å². The second-order valence-electron chi connectivity index (χ2n) is 10.0. The van der Waals surface area contributed by atoms with Crippen LogP contribution in [-0.4, -0.2) is 37.2 Å². The van der Waals surface area contributed by atoms with Crippen molar-refractivity contribution >= 4 is 18.9 Å². The number of hydrogen-bond acceptors (Lipinski definition) is 6. The summed E-state index contributed by atoms with van der Waals surface area (Å²) in [6.45, 7) is 6.08. The van der Waals surface area contributed by atoms with Crippen molar-refractivity contribution in [3.63, 3.8) is 0 Å². The van der Waals surface area contributed by atoms with Gasteiger partial charge in [-0.05, 0) is 62.8 Å². The molecule has 2 aliphatic heterocycles. The molecule has 0 N–H and O–H groups in total. The Morgan fingerprint density at radius 1 is 1.04 bits per heavy atom. The molecule has 27 heavy (non-hydrogen) atoms. The van der Waals surface area contributed by atoms with Crippen LogP contribution in [0.4, 0.5) is 0 Å². The van der Waals surface area contributed by atoms with Crippen LogP contribution in [0, 0.1) is 28.6 Å². The van der Waals surface area contributed by atoms with E-state index in [9.17, 15) is 4.79 Å². The van der Waals surface area contributed by atoms with Gasteiger partial charge in [0.1, 0.15) is 6.10 Å². The fourth-order valence-electron chi connectivity index (χ4n) is 7.51. The Morgan fingerprint density at radius 2 is 1.78 bits per heavy atom. The molecule has 3 aliphatic carbocycles. The van der Waals surface area contributed by atoms with Crippen molar-refractivity contribution in [2.75, 3.05) is 13.2 Å². The summed E-state index contributed by atoms with van der Waals surface area (Å²) in [6, 6.07) is 0. The lowest BCUT2D eigenvalue weighted by Crippen LogP contribution is -2.56. The number of rotatable bonds is 1. The summed E-state index contributed by atoms with van der Waals surface area (Å²) < 4.78 is 23.9. The van der Waals surface area contributed by atoms with Crippen molar-refractivity contribution in [1.29, 1.82) is 0 Å². The minimum Gasteiger partial charge on any atom is -0.462 e. The van der Waals surface area contributed by atoms with Gasteiger partial charge in [-0.2, -0.15) is 0 Å². The van der Waals surface area contributed by atoms with Crippen molar-refractivity contribution < 1.29 is 23.2 Å². The van der Waals surface area contributed by atoms with Gasteiger partial charge >= 0.3 is 5.97 Å². The number of carbonyl (C=O) groups excluding carboxylic acids is 1. The Labute approximate surface area is 167 Å². The first-order valence-electron chi connectivity index (χ1n) is 10.7. The molecule has 5 nitrogen and oxygen atoms in total. The van der Waals surface area contributed by atoms with Gasteiger partial charge in [-0.3, -0.25) is 4.79 Å². The quantitative estimate of drug-likeness (QED) is 0.414. The zero-order valence-corrected chi connectivity index (χ0v) is 17.3. The van der Waals surface area contributed by atoms with Crippen LogP contribution in [0.3, 0.4) is 0 Å². The van der Waals surface area contributed by atoms with Gasteiger partial charge in [-0.25, -0.2) is 0 Å². The molecule has 0 aromatic rings. The molecule has 1 spiro atoms. The van der Waals surface area contributed by atoms with Gasteiger partial charge < -0.3 is 18.4 Å². The number of esters is 1. The molecule has 2 heterocycles. The minimum absolute atomic E-state index is 0.00750. The monoisotopic (exact) mass is 396 g/mol. The van der Waals surface area contributed by atoms with Crippen LogP contribution in [0.2, 0.25) is 0 Å². The van der Waals surface area contributed by atoms with Gasteiger partial charge in [-0.15, -0.1) is 0 Å². The van der Waals surface area contributed by atoms with E-state index in [1.807, 2.05) is 0 Å². The van der Waals surface area contributed by atoms with Crippen LogP contribution in [-0.2, 0) is 23.2 Å². The lowest BCUT2D eigenvalue weighted by atomic mass is 9.51. The Balaban J connectivity index is 1.48. The maximum atomic E-state index is 12.8. The molecule has 7 atom stereocenters. The zero-order chi connectivity index (χ0) is 18.9. The smallest absolute Gasteiger partial charge is 0.306 e. The summed E-state index contributed by atoms with van der Waals surface area (Å²) in [6.07, 6.45) is 7.79. The Hall–Kier alpha value is -0.300. The van der Waals surface area contributed by atoms with Gasteiger partial charge in [0.25, 0.3) is 0 Å². The van der Waals surface area contributed by atoms with Crippen LogP contribution in [0.25, 0.3) is 0 Å². The van der Waals surface area contributed by atoms with Crippen molar-refractivity contribution in [3.05, 3.63) is 0 Å². The summed E-state index contributed by atoms with van der Waals surface area (Å²) in [7, 11) is 0. The number of fused-ring (bicyclic) bond motifs is 6. The highest BCUT2D eigenvalue weighted by Gasteiger charge is 2.68. The highest BCUT2D eigenvalue weighted by atomic mass is 32.1. The van der Waals surface area contributed by atoms with E-state index in [-0.39, 0.29) is 29.0 Å². The Morgan fingerprint density at radius 3 is 2.52 bits per heavy atom. The second kappa shape index (κ2) is 6.35. The molecule has 5 fully saturated rings. The first kappa shape index (κ1) is 18.7. The fraction of sp³-hybridized carbons (Fsp3) is 0.952. The molecule has 0 radical (unpaired) electrons. The van der Waals surface area contributed by atoms with Gasteiger partial charge in [0.05, 0.1) is 19.3 Å². The molecule has 0 bridgehead atoms. The first-order chi connectivity index (χ1) is 12.9. The molecule has 6 heteroatoms. The first-order valence-corrected chi connectivity index (χ1v) is 11.1. The maximum absolute atomic E-state index is 12.8. The molecule has 2 saturated heterocycles. The lowest BCUT2D eigenvalue weighted by Gasteiger charge is -2.55. The molecule has 4 unspecified atom stereocenters. The average Bonchev–Trinajstić information content (AvgIpc) is 3.21. The Kier molecular flexibility index (Phi) is 4.40. The average molecular weight is 397 g/mol. The number of thiol groups is 1. The van der Waals surface area contributed by atoms with E-state index in [4.69, 9.17) is 18.4 Å². The summed E-state index contributed by atoms with van der Waals surface area (Å²) in [5.74, 6) is 0.581. The van der Waals surface area contributed by atoms with Gasteiger partial charge in [0, 0.05) is 30.1 Å². The van der Waals surface area contributed by atoms with Crippen LogP contribution in [0.5, 0.6) is 0 Å². The molecule has 0 amide bonds. The van der Waals surface area contributed by atoms with Gasteiger partial charge in [0.15, 0.2) is 5.79 Å². The molecule has 0 aromatic heterocycles. The van der Waals surface area contributed by atoms with E-state index >= 15 is 0 Å². The number of ether oxygens (including phenoxy) is 3. The predicted octanol–water partition coefficient (Wildman–Crippen LogP) is 3.91. The topological polar surface area (TPSA) is 54.0 Å². The molecular formula is C21H32O5S. The number of hydrogen-bond donors (Lipinski definition) is 1. The maximum Gasteiger partial charge on any atom is 0.306 e. The van der Waals surface area contributed by atoms with Crippen LogP contribution in [0.1, 0.15) is 65.2 Å². The summed E-state index contributed by atoms with van der Waals surface area (Å²) >= 11 is 4.05. The standard InChI is InChI=1S/C21H32O5S/c1-19-6-3-14(26-27)11-13(19)12-17(22)25-18-15(19)4-7-20(2)16(18)5-8-21(20)23-9-10-24-21/h13-16,18,27H,3-12H2,1-2H3/t13?,14-,15?,16?,18?,19-,20-/m0/s1. The molecule has 0 aromatic carbocycles. The van der Waals surface area contributed by atoms with E-state index in [0.29, 0.717) is 37.4 Å². The highest BCUT2D eigenvalue weighted by molar-refractivity contribution is 7.75. The fourth-order valence-corrected chi connectivity index (χ4v) is 7.71. The van der Waals surface area contributed by atoms with E-state index < -0.39 is 5.79 Å². The minimum atomic E-state index is -0.459.